The Hall–Kier alpha value is -2.51. The average molecular weight is 511 g/mol. The number of pyridine rings is 1. The highest BCUT2D eigenvalue weighted by Crippen LogP contribution is 2.37. The summed E-state index contributed by atoms with van der Waals surface area (Å²) < 4.78 is 16.2. The summed E-state index contributed by atoms with van der Waals surface area (Å²) in [6, 6.07) is 8.68. The van der Waals surface area contributed by atoms with Gasteiger partial charge in [-0.05, 0) is 44.9 Å². The first-order valence-corrected chi connectivity index (χ1v) is 11.7. The fourth-order valence-electron chi connectivity index (χ4n) is 3.43. The lowest BCUT2D eigenvalue weighted by molar-refractivity contribution is -0.158. The van der Waals surface area contributed by atoms with Gasteiger partial charge in [0.25, 0.3) is 0 Å². The molecule has 0 aliphatic heterocycles. The number of hydrogen-bond acceptors (Lipinski definition) is 6. The molecule has 2 aromatic rings. The van der Waals surface area contributed by atoms with Crippen LogP contribution in [0.2, 0.25) is 10.3 Å². The Bertz CT molecular complexity index is 1030. The van der Waals surface area contributed by atoms with Crippen LogP contribution in [0.3, 0.4) is 0 Å². The van der Waals surface area contributed by atoms with E-state index in [0.29, 0.717) is 17.1 Å². The molecule has 1 unspecified atom stereocenters. The van der Waals surface area contributed by atoms with Gasteiger partial charge in [-0.15, -0.1) is 0 Å². The Kier molecular flexibility index (Phi) is 9.59. The molecule has 1 aromatic carbocycles. The third-order valence-corrected chi connectivity index (χ3v) is 6.02. The molecule has 7 nitrogen and oxygen atoms in total. The molecule has 0 aliphatic carbocycles. The van der Waals surface area contributed by atoms with E-state index < -0.39 is 23.3 Å². The third-order valence-electron chi connectivity index (χ3n) is 5.52. The van der Waals surface area contributed by atoms with Crippen LogP contribution in [0, 0.1) is 11.8 Å². The number of carbonyl (C=O) groups is 2. The molecule has 1 amide bonds. The van der Waals surface area contributed by atoms with Gasteiger partial charge in [-0.3, -0.25) is 9.59 Å². The average Bonchev–Trinajstić information content (AvgIpc) is 2.79. The summed E-state index contributed by atoms with van der Waals surface area (Å²) in [4.78, 5) is 32.1. The Morgan fingerprint density at radius 2 is 1.74 bits per heavy atom. The van der Waals surface area contributed by atoms with Gasteiger partial charge in [0.1, 0.15) is 27.7 Å². The van der Waals surface area contributed by atoms with Crippen molar-refractivity contribution in [1.29, 1.82) is 0 Å². The number of hydrogen-bond donors (Lipinski definition) is 0. The molecule has 1 aromatic heterocycles. The summed E-state index contributed by atoms with van der Waals surface area (Å²) in [7, 11) is 3.11. The molecule has 1 heterocycles. The fourth-order valence-corrected chi connectivity index (χ4v) is 4.00. The van der Waals surface area contributed by atoms with Crippen molar-refractivity contribution in [2.45, 2.75) is 46.7 Å². The van der Waals surface area contributed by atoms with Crippen LogP contribution < -0.4 is 9.47 Å². The van der Waals surface area contributed by atoms with E-state index in [4.69, 9.17) is 37.4 Å². The van der Waals surface area contributed by atoms with Crippen molar-refractivity contribution in [3.63, 3.8) is 0 Å². The lowest BCUT2D eigenvalue weighted by Crippen LogP contribution is -2.49. The summed E-state index contributed by atoms with van der Waals surface area (Å²) in [5.74, 6) is -0.705. The van der Waals surface area contributed by atoms with Crippen molar-refractivity contribution < 1.29 is 23.8 Å². The number of benzene rings is 1. The monoisotopic (exact) mass is 510 g/mol. The molecule has 2 rings (SSSR count). The topological polar surface area (TPSA) is 78.0 Å². The van der Waals surface area contributed by atoms with Crippen molar-refractivity contribution in [3.8, 4) is 11.5 Å². The van der Waals surface area contributed by atoms with Crippen LogP contribution in [0.1, 0.15) is 45.7 Å². The molecule has 0 bridgehead atoms. The molecule has 1 atom stereocenters. The maximum atomic E-state index is 13.7. The number of rotatable bonds is 10. The SMILES string of the molecule is COc1ccc(CN(C(=O)C(C)C(=O)OCC(C)C)C(C)(C)c2ccc(Cl)nc2Cl)c(OC)c1. The maximum Gasteiger partial charge on any atom is 0.318 e. The van der Waals surface area contributed by atoms with Gasteiger partial charge < -0.3 is 19.1 Å². The zero-order valence-corrected chi connectivity index (χ0v) is 22.2. The molecule has 0 saturated carbocycles. The summed E-state index contributed by atoms with van der Waals surface area (Å²) in [5, 5.41) is 0.414. The molecule has 0 N–H and O–H groups in total. The highest BCUT2D eigenvalue weighted by Gasteiger charge is 2.39. The standard InChI is InChI=1S/C25H32Cl2N2O5/c1-15(2)14-34-24(31)16(3)23(30)29(13-17-8-9-18(32-6)12-20(17)33-7)25(4,5)19-10-11-21(26)28-22(19)27/h8-12,15-16H,13-14H2,1-7H3. The van der Waals surface area contributed by atoms with Gasteiger partial charge in [-0.25, -0.2) is 4.98 Å². The predicted molar refractivity (Wildman–Crippen MR) is 132 cm³/mol. The summed E-state index contributed by atoms with van der Waals surface area (Å²) >= 11 is 12.4. The number of amides is 1. The normalized spacial score (nSPS) is 12.3. The van der Waals surface area contributed by atoms with Gasteiger partial charge in [0.15, 0.2) is 0 Å². The molecule has 0 fully saturated rings. The fraction of sp³-hybridized carbons (Fsp3) is 0.480. The minimum atomic E-state index is -1.03. The molecule has 0 spiro atoms. The van der Waals surface area contributed by atoms with E-state index in [1.54, 1.807) is 50.3 Å². The minimum Gasteiger partial charge on any atom is -0.497 e. The molecular weight excluding hydrogens is 479 g/mol. The molecule has 0 radical (unpaired) electrons. The van der Waals surface area contributed by atoms with Crippen LogP contribution in [0.25, 0.3) is 0 Å². The highest BCUT2D eigenvalue weighted by atomic mass is 35.5. The largest absolute Gasteiger partial charge is 0.497 e. The second-order valence-electron chi connectivity index (χ2n) is 8.88. The Morgan fingerprint density at radius 1 is 1.06 bits per heavy atom. The van der Waals surface area contributed by atoms with E-state index in [-0.39, 0.29) is 29.4 Å². The number of carbonyl (C=O) groups excluding carboxylic acids is 2. The third kappa shape index (κ3) is 6.54. The van der Waals surface area contributed by atoms with Crippen LogP contribution >= 0.6 is 23.2 Å². The first-order valence-electron chi connectivity index (χ1n) is 10.9. The van der Waals surface area contributed by atoms with Gasteiger partial charge in [0.2, 0.25) is 5.91 Å². The summed E-state index contributed by atoms with van der Waals surface area (Å²) in [6.07, 6.45) is 0. The van der Waals surface area contributed by atoms with Crippen molar-refractivity contribution in [1.82, 2.24) is 9.88 Å². The van der Waals surface area contributed by atoms with E-state index in [2.05, 4.69) is 4.98 Å². The minimum absolute atomic E-state index is 0.139. The lowest BCUT2D eigenvalue weighted by Gasteiger charge is -2.40. The van der Waals surface area contributed by atoms with Crippen LogP contribution in [-0.4, -0.2) is 42.6 Å². The summed E-state index contributed by atoms with van der Waals surface area (Å²) in [5.41, 5.74) is 0.358. The molecule has 186 valence electrons. The van der Waals surface area contributed by atoms with Crippen molar-refractivity contribution in [2.24, 2.45) is 11.8 Å². The Balaban J connectivity index is 2.52. The lowest BCUT2D eigenvalue weighted by atomic mass is 9.91. The van der Waals surface area contributed by atoms with Gasteiger partial charge in [-0.2, -0.15) is 0 Å². The number of methoxy groups -OCH3 is 2. The van der Waals surface area contributed by atoms with Crippen molar-refractivity contribution >= 4 is 35.1 Å². The number of nitrogens with zero attached hydrogens (tertiary/aromatic N) is 2. The molecule has 9 heteroatoms. The van der Waals surface area contributed by atoms with Crippen molar-refractivity contribution in [3.05, 3.63) is 51.8 Å². The quantitative estimate of drug-likeness (QED) is 0.238. The first-order chi connectivity index (χ1) is 15.9. The number of ether oxygens (including phenoxy) is 3. The highest BCUT2D eigenvalue weighted by molar-refractivity contribution is 6.33. The second-order valence-corrected chi connectivity index (χ2v) is 9.62. The molecule has 0 aliphatic rings. The van der Waals surface area contributed by atoms with Crippen molar-refractivity contribution in [2.75, 3.05) is 20.8 Å². The van der Waals surface area contributed by atoms with E-state index in [0.717, 1.165) is 5.56 Å². The molecule has 34 heavy (non-hydrogen) atoms. The second kappa shape index (κ2) is 11.8. The maximum absolute atomic E-state index is 13.7. The van der Waals surface area contributed by atoms with E-state index in [1.165, 1.54) is 0 Å². The zero-order chi connectivity index (χ0) is 25.6. The van der Waals surface area contributed by atoms with E-state index in [1.807, 2.05) is 33.8 Å². The Labute approximate surface area is 211 Å². The molecule has 0 saturated heterocycles. The van der Waals surface area contributed by atoms with E-state index >= 15 is 0 Å². The van der Waals surface area contributed by atoms with Gasteiger partial charge in [0.05, 0.1) is 32.9 Å². The Morgan fingerprint density at radius 3 is 2.29 bits per heavy atom. The van der Waals surface area contributed by atoms with Crippen LogP contribution in [0.4, 0.5) is 0 Å². The van der Waals surface area contributed by atoms with Crippen LogP contribution in [0.15, 0.2) is 30.3 Å². The molecular formula is C25H32Cl2N2O5. The zero-order valence-electron chi connectivity index (χ0n) is 20.6. The van der Waals surface area contributed by atoms with Gasteiger partial charge in [0, 0.05) is 17.2 Å². The predicted octanol–water partition coefficient (Wildman–Crippen LogP) is 5.50. The number of halogens is 2. The smallest absolute Gasteiger partial charge is 0.318 e. The van der Waals surface area contributed by atoms with E-state index in [9.17, 15) is 9.59 Å². The van der Waals surface area contributed by atoms with Gasteiger partial charge in [-0.1, -0.05) is 43.1 Å². The van der Waals surface area contributed by atoms with Crippen LogP contribution in [-0.2, 0) is 26.4 Å². The summed E-state index contributed by atoms with van der Waals surface area (Å²) in [6.45, 7) is 9.45. The van der Waals surface area contributed by atoms with Crippen LogP contribution in [0.5, 0.6) is 11.5 Å². The number of aromatic nitrogens is 1. The first kappa shape index (κ1) is 27.7. The number of esters is 1. The van der Waals surface area contributed by atoms with Gasteiger partial charge >= 0.3 is 5.97 Å².